The lowest BCUT2D eigenvalue weighted by molar-refractivity contribution is -0.132. The zero-order chi connectivity index (χ0) is 27.1. The molecule has 2 amide bonds. The minimum absolute atomic E-state index is 0.0259. The molecule has 4 N–H and O–H groups in total. The van der Waals surface area contributed by atoms with Crippen LogP contribution in [0.25, 0.3) is 10.9 Å². The van der Waals surface area contributed by atoms with Crippen LogP contribution in [0.1, 0.15) is 83.6 Å². The number of rotatable bonds is 6. The molecule has 1 aliphatic carbocycles. The van der Waals surface area contributed by atoms with Crippen LogP contribution >= 0.6 is 11.6 Å². The number of likely N-dealkylation sites (tertiary alicyclic amines) is 1. The van der Waals surface area contributed by atoms with Crippen molar-refractivity contribution in [1.29, 1.82) is 5.26 Å². The SMILES string of the molecule is CC1(C)CCC(CC(C#N)NC(=O)C2CC3(CCCCC3)CN2C(O)c2cc3cccc(Cl)c3[nH]2)C(=O)N1. The van der Waals surface area contributed by atoms with Gasteiger partial charge < -0.3 is 20.7 Å². The zero-order valence-electron chi connectivity index (χ0n) is 22.2. The van der Waals surface area contributed by atoms with Gasteiger partial charge in [0.25, 0.3) is 0 Å². The van der Waals surface area contributed by atoms with Gasteiger partial charge in [0.1, 0.15) is 12.3 Å². The van der Waals surface area contributed by atoms with Gasteiger partial charge in [-0.2, -0.15) is 5.26 Å². The Morgan fingerprint density at radius 2 is 2.05 bits per heavy atom. The van der Waals surface area contributed by atoms with Crippen molar-refractivity contribution in [1.82, 2.24) is 20.5 Å². The molecule has 5 rings (SSSR count). The van der Waals surface area contributed by atoms with Crippen molar-refractivity contribution < 1.29 is 14.7 Å². The lowest BCUT2D eigenvalue weighted by Gasteiger charge is -2.36. The highest BCUT2D eigenvalue weighted by molar-refractivity contribution is 6.35. The second-order valence-corrected chi connectivity index (χ2v) is 12.7. The number of aliphatic hydroxyl groups excluding tert-OH is 1. The van der Waals surface area contributed by atoms with E-state index in [1.807, 2.05) is 36.9 Å². The number of benzene rings is 1. The second-order valence-electron chi connectivity index (χ2n) is 12.3. The molecule has 4 atom stereocenters. The highest BCUT2D eigenvalue weighted by atomic mass is 35.5. The first-order chi connectivity index (χ1) is 18.1. The van der Waals surface area contributed by atoms with Gasteiger partial charge in [0.15, 0.2) is 0 Å². The summed E-state index contributed by atoms with van der Waals surface area (Å²) in [7, 11) is 0. The number of hydrogen-bond acceptors (Lipinski definition) is 5. The molecule has 3 heterocycles. The predicted molar refractivity (Wildman–Crippen MR) is 146 cm³/mol. The van der Waals surface area contributed by atoms with Crippen LogP contribution in [0.5, 0.6) is 0 Å². The Morgan fingerprint density at radius 1 is 1.29 bits per heavy atom. The van der Waals surface area contributed by atoms with E-state index in [0.29, 0.717) is 30.1 Å². The molecule has 204 valence electrons. The van der Waals surface area contributed by atoms with Crippen molar-refractivity contribution in [2.24, 2.45) is 11.3 Å². The Balaban J connectivity index is 1.34. The number of hydrogen-bond donors (Lipinski definition) is 4. The third-order valence-electron chi connectivity index (χ3n) is 8.92. The van der Waals surface area contributed by atoms with Gasteiger partial charge in [-0.25, -0.2) is 0 Å². The zero-order valence-corrected chi connectivity index (χ0v) is 23.0. The van der Waals surface area contributed by atoms with Crippen LogP contribution < -0.4 is 10.6 Å². The number of piperidine rings is 1. The molecule has 38 heavy (non-hydrogen) atoms. The largest absolute Gasteiger partial charge is 0.372 e. The Kier molecular flexibility index (Phi) is 7.47. The van der Waals surface area contributed by atoms with E-state index >= 15 is 0 Å². The number of aromatic amines is 1. The molecule has 1 spiro atoms. The quantitative estimate of drug-likeness (QED) is 0.429. The number of aliphatic hydroxyl groups is 1. The summed E-state index contributed by atoms with van der Waals surface area (Å²) in [5.74, 6) is -0.630. The smallest absolute Gasteiger partial charge is 0.238 e. The Morgan fingerprint density at radius 3 is 2.74 bits per heavy atom. The Hall–Kier alpha value is -2.60. The van der Waals surface area contributed by atoms with Crippen LogP contribution in [0, 0.1) is 22.7 Å². The molecule has 1 aromatic heterocycles. The molecular weight excluding hydrogens is 502 g/mol. The first-order valence-electron chi connectivity index (χ1n) is 13.8. The normalized spacial score (nSPS) is 26.6. The van der Waals surface area contributed by atoms with E-state index in [0.717, 1.165) is 43.0 Å². The van der Waals surface area contributed by atoms with Gasteiger partial charge in [0.2, 0.25) is 11.8 Å². The van der Waals surface area contributed by atoms with Crippen molar-refractivity contribution >= 4 is 34.3 Å². The van der Waals surface area contributed by atoms with E-state index in [4.69, 9.17) is 11.6 Å². The molecule has 1 saturated carbocycles. The van der Waals surface area contributed by atoms with Gasteiger partial charge >= 0.3 is 0 Å². The summed E-state index contributed by atoms with van der Waals surface area (Å²) in [5.41, 5.74) is 1.08. The number of aromatic nitrogens is 1. The Labute approximate surface area is 229 Å². The molecule has 3 aliphatic rings. The van der Waals surface area contributed by atoms with E-state index in [-0.39, 0.29) is 35.1 Å². The van der Waals surface area contributed by atoms with Gasteiger partial charge in [0, 0.05) is 23.4 Å². The standard InChI is InChI=1S/C29H38ClN5O3/c1-28(2)12-9-19(25(36)34-28)13-20(16-31)32-26(37)23-15-29(10-4-3-5-11-29)17-35(23)27(38)22-14-18-7-6-8-21(30)24(18)33-22/h6-8,14,19-20,23,27,33,38H,3-5,9-13,15,17H2,1-2H3,(H,32,37)(H,34,36). The van der Waals surface area contributed by atoms with Crippen molar-refractivity contribution in [3.8, 4) is 6.07 Å². The van der Waals surface area contributed by atoms with Gasteiger partial charge in [0.05, 0.1) is 28.3 Å². The van der Waals surface area contributed by atoms with Gasteiger partial charge in [-0.1, -0.05) is 43.0 Å². The highest BCUT2D eigenvalue weighted by Gasteiger charge is 2.49. The molecule has 3 fully saturated rings. The molecular formula is C29H38ClN5O3. The van der Waals surface area contributed by atoms with Crippen LogP contribution in [0.2, 0.25) is 5.02 Å². The molecule has 8 nitrogen and oxygen atoms in total. The highest BCUT2D eigenvalue weighted by Crippen LogP contribution is 2.48. The third-order valence-corrected chi connectivity index (χ3v) is 9.24. The summed E-state index contributed by atoms with van der Waals surface area (Å²) in [6, 6.07) is 8.35. The predicted octanol–water partition coefficient (Wildman–Crippen LogP) is 4.54. The number of fused-ring (bicyclic) bond motifs is 1. The summed E-state index contributed by atoms with van der Waals surface area (Å²) < 4.78 is 0. The number of para-hydroxylation sites is 1. The third kappa shape index (κ3) is 5.42. The lowest BCUT2D eigenvalue weighted by Crippen LogP contribution is -2.53. The van der Waals surface area contributed by atoms with Crippen molar-refractivity contribution in [3.63, 3.8) is 0 Å². The number of H-pyrrole nitrogens is 1. The van der Waals surface area contributed by atoms with E-state index in [9.17, 15) is 20.0 Å². The summed E-state index contributed by atoms with van der Waals surface area (Å²) >= 11 is 6.36. The fraction of sp³-hybridized carbons (Fsp3) is 0.621. The summed E-state index contributed by atoms with van der Waals surface area (Å²) in [4.78, 5) is 31.4. The summed E-state index contributed by atoms with van der Waals surface area (Å²) in [6.45, 7) is 4.60. The summed E-state index contributed by atoms with van der Waals surface area (Å²) in [5, 5.41) is 28.8. The molecule has 9 heteroatoms. The summed E-state index contributed by atoms with van der Waals surface area (Å²) in [6.07, 6.45) is 6.92. The van der Waals surface area contributed by atoms with Crippen LogP contribution in [-0.2, 0) is 9.59 Å². The first-order valence-corrected chi connectivity index (χ1v) is 14.2. The van der Waals surface area contributed by atoms with E-state index in [1.54, 1.807) is 6.07 Å². The maximum Gasteiger partial charge on any atom is 0.238 e. The lowest BCUT2D eigenvalue weighted by atomic mass is 9.72. The number of nitrogens with zero attached hydrogens (tertiary/aromatic N) is 2. The first kappa shape index (κ1) is 27.0. The van der Waals surface area contributed by atoms with E-state index in [1.165, 1.54) is 6.42 Å². The molecule has 0 radical (unpaired) electrons. The van der Waals surface area contributed by atoms with Crippen LogP contribution in [0.15, 0.2) is 24.3 Å². The number of nitrogens with one attached hydrogen (secondary N) is 3. The van der Waals surface area contributed by atoms with Gasteiger partial charge in [-0.15, -0.1) is 0 Å². The number of nitriles is 1. The minimum atomic E-state index is -1.01. The molecule has 2 saturated heterocycles. The Bertz CT molecular complexity index is 1240. The van der Waals surface area contributed by atoms with E-state index in [2.05, 4.69) is 21.7 Å². The molecule has 2 aliphatic heterocycles. The van der Waals surface area contributed by atoms with Crippen LogP contribution in [0.4, 0.5) is 0 Å². The molecule has 1 aromatic carbocycles. The fourth-order valence-corrected chi connectivity index (χ4v) is 7.03. The molecule has 4 unspecified atom stereocenters. The van der Waals surface area contributed by atoms with Crippen molar-refractivity contribution in [3.05, 3.63) is 35.0 Å². The molecule has 2 aromatic rings. The topological polar surface area (TPSA) is 121 Å². The van der Waals surface area contributed by atoms with Crippen LogP contribution in [0.3, 0.4) is 0 Å². The van der Waals surface area contributed by atoms with Gasteiger partial charge in [-0.3, -0.25) is 14.5 Å². The second kappa shape index (κ2) is 10.5. The average Bonchev–Trinajstić information content (AvgIpc) is 3.48. The maximum atomic E-state index is 13.7. The number of carbonyl (C=O) groups is 2. The fourth-order valence-electron chi connectivity index (χ4n) is 6.80. The minimum Gasteiger partial charge on any atom is -0.372 e. The van der Waals surface area contributed by atoms with Gasteiger partial charge in [-0.05, 0) is 69.9 Å². The average molecular weight is 540 g/mol. The number of amides is 2. The molecule has 0 bridgehead atoms. The van der Waals surface area contributed by atoms with Crippen molar-refractivity contribution in [2.45, 2.75) is 95.5 Å². The van der Waals surface area contributed by atoms with Crippen molar-refractivity contribution in [2.75, 3.05) is 6.54 Å². The monoisotopic (exact) mass is 539 g/mol. The number of carbonyl (C=O) groups excluding carboxylic acids is 2. The number of halogens is 1. The maximum absolute atomic E-state index is 13.7. The van der Waals surface area contributed by atoms with Crippen LogP contribution in [-0.4, -0.2) is 51.0 Å². The van der Waals surface area contributed by atoms with E-state index < -0.39 is 18.3 Å².